The topological polar surface area (TPSA) is 84.5 Å². The minimum Gasteiger partial charge on any atom is -0.481 e. The molecule has 134 valence electrons. The van der Waals surface area contributed by atoms with Gasteiger partial charge in [0.2, 0.25) is 0 Å². The molecule has 0 spiro atoms. The molecule has 6 nitrogen and oxygen atoms in total. The van der Waals surface area contributed by atoms with Crippen LogP contribution in [0.15, 0.2) is 58.3 Å². The van der Waals surface area contributed by atoms with Gasteiger partial charge in [0.05, 0.1) is 4.90 Å². The van der Waals surface area contributed by atoms with Gasteiger partial charge in [0.1, 0.15) is 5.75 Å². The molecule has 0 aliphatic rings. The van der Waals surface area contributed by atoms with E-state index in [0.717, 1.165) is 4.90 Å². The van der Waals surface area contributed by atoms with E-state index in [9.17, 15) is 13.2 Å². The molecule has 2 aromatic carbocycles. The van der Waals surface area contributed by atoms with E-state index in [1.54, 1.807) is 25.1 Å². The molecule has 0 unspecified atom stereocenters. The maximum atomic E-state index is 12.5. The highest BCUT2D eigenvalue weighted by molar-refractivity contribution is 7.98. The molecule has 25 heavy (non-hydrogen) atoms. The van der Waals surface area contributed by atoms with Crippen molar-refractivity contribution in [3.63, 3.8) is 0 Å². The van der Waals surface area contributed by atoms with Crippen molar-refractivity contribution in [3.8, 4) is 5.75 Å². The summed E-state index contributed by atoms with van der Waals surface area (Å²) >= 11 is 1.53. The third-order valence-electron chi connectivity index (χ3n) is 3.38. The zero-order valence-corrected chi connectivity index (χ0v) is 15.8. The molecule has 1 atom stereocenters. The van der Waals surface area contributed by atoms with E-state index in [1.165, 1.54) is 43.1 Å². The SMILES string of the molecule is CNC(=O)[C@@H](C)Oc1ccc(S(=O)(=O)Nc2cccc(SC)c2)cc1. The first kappa shape index (κ1) is 19.1. The normalized spacial score (nSPS) is 12.3. The lowest BCUT2D eigenvalue weighted by Crippen LogP contribution is -2.33. The molecular weight excluding hydrogens is 360 g/mol. The van der Waals surface area contributed by atoms with E-state index >= 15 is 0 Å². The third kappa shape index (κ3) is 5.14. The minimum absolute atomic E-state index is 0.113. The van der Waals surface area contributed by atoms with Crippen LogP contribution in [-0.2, 0) is 14.8 Å². The van der Waals surface area contributed by atoms with Gasteiger partial charge in [-0.25, -0.2) is 8.42 Å². The molecule has 2 rings (SSSR count). The standard InChI is InChI=1S/C17H20N2O4S2/c1-12(17(20)18-2)23-14-7-9-16(10-8-14)25(21,22)19-13-5-4-6-15(11-13)24-3/h4-12,19H,1-3H3,(H,18,20)/t12-/m1/s1. The molecule has 0 aliphatic carbocycles. The fourth-order valence-electron chi connectivity index (χ4n) is 2.06. The molecule has 0 aromatic heterocycles. The number of likely N-dealkylation sites (N-methyl/N-ethyl adjacent to an activating group) is 1. The van der Waals surface area contributed by atoms with Crippen LogP contribution in [0, 0.1) is 0 Å². The Morgan fingerprint density at radius 3 is 2.44 bits per heavy atom. The van der Waals surface area contributed by atoms with E-state index in [0.29, 0.717) is 11.4 Å². The molecule has 0 saturated carbocycles. The number of ether oxygens (including phenoxy) is 1. The van der Waals surface area contributed by atoms with Crippen LogP contribution in [0.1, 0.15) is 6.92 Å². The summed E-state index contributed by atoms with van der Waals surface area (Å²) in [6.07, 6.45) is 1.26. The second-order valence-electron chi connectivity index (χ2n) is 5.18. The van der Waals surface area contributed by atoms with Gasteiger partial charge in [-0.3, -0.25) is 9.52 Å². The van der Waals surface area contributed by atoms with Crippen LogP contribution in [-0.4, -0.2) is 33.7 Å². The van der Waals surface area contributed by atoms with Crippen molar-refractivity contribution in [1.29, 1.82) is 0 Å². The molecule has 2 aromatic rings. The van der Waals surface area contributed by atoms with Gasteiger partial charge in [-0.05, 0) is 55.6 Å². The van der Waals surface area contributed by atoms with Gasteiger partial charge in [0.15, 0.2) is 6.10 Å². The van der Waals surface area contributed by atoms with Crippen molar-refractivity contribution >= 4 is 33.4 Å². The first-order valence-electron chi connectivity index (χ1n) is 7.51. The number of sulfonamides is 1. The average Bonchev–Trinajstić information content (AvgIpc) is 2.61. The molecule has 8 heteroatoms. The van der Waals surface area contributed by atoms with Crippen molar-refractivity contribution in [3.05, 3.63) is 48.5 Å². The van der Waals surface area contributed by atoms with Crippen molar-refractivity contribution in [2.75, 3.05) is 18.0 Å². The summed E-state index contributed by atoms with van der Waals surface area (Å²) in [6, 6.07) is 13.1. The zero-order chi connectivity index (χ0) is 18.4. The molecule has 0 fully saturated rings. The summed E-state index contributed by atoms with van der Waals surface area (Å²) in [7, 11) is -2.18. The number of hydrogen-bond donors (Lipinski definition) is 2. The number of amides is 1. The van der Waals surface area contributed by atoms with Crippen molar-refractivity contribution in [1.82, 2.24) is 5.32 Å². The summed E-state index contributed by atoms with van der Waals surface area (Å²) in [5, 5.41) is 2.49. The smallest absolute Gasteiger partial charge is 0.261 e. The molecule has 0 bridgehead atoms. The van der Waals surface area contributed by atoms with E-state index in [2.05, 4.69) is 10.0 Å². The molecule has 0 heterocycles. The van der Waals surface area contributed by atoms with E-state index < -0.39 is 16.1 Å². The molecule has 0 saturated heterocycles. The van der Waals surface area contributed by atoms with Crippen LogP contribution >= 0.6 is 11.8 Å². The van der Waals surface area contributed by atoms with Gasteiger partial charge in [-0.2, -0.15) is 0 Å². The quantitative estimate of drug-likeness (QED) is 0.722. The Hall–Kier alpha value is -2.19. The second kappa shape index (κ2) is 8.26. The molecule has 2 N–H and O–H groups in total. The highest BCUT2D eigenvalue weighted by Gasteiger charge is 2.16. The van der Waals surface area contributed by atoms with Gasteiger partial charge in [0.25, 0.3) is 15.9 Å². The molecule has 1 amide bonds. The number of nitrogens with one attached hydrogen (secondary N) is 2. The monoisotopic (exact) mass is 380 g/mol. The van der Waals surface area contributed by atoms with E-state index in [4.69, 9.17) is 4.74 Å². The van der Waals surface area contributed by atoms with Crippen molar-refractivity contribution in [2.45, 2.75) is 22.8 Å². The summed E-state index contributed by atoms with van der Waals surface area (Å²) in [4.78, 5) is 12.5. The van der Waals surface area contributed by atoms with Crippen LogP contribution in [0.5, 0.6) is 5.75 Å². The van der Waals surface area contributed by atoms with E-state index in [1.807, 2.05) is 12.3 Å². The number of rotatable bonds is 7. The number of thioether (sulfide) groups is 1. The first-order valence-corrected chi connectivity index (χ1v) is 10.2. The fraction of sp³-hybridized carbons (Fsp3) is 0.235. The number of anilines is 1. The lowest BCUT2D eigenvalue weighted by molar-refractivity contribution is -0.126. The van der Waals surface area contributed by atoms with Crippen LogP contribution in [0.2, 0.25) is 0 Å². The van der Waals surface area contributed by atoms with Gasteiger partial charge in [0, 0.05) is 17.6 Å². The Balaban J connectivity index is 2.13. The average molecular weight is 380 g/mol. The number of carbonyl (C=O) groups excluding carboxylic acids is 1. The predicted octanol–water partition coefficient (Wildman–Crippen LogP) is 2.72. The van der Waals surface area contributed by atoms with Gasteiger partial charge >= 0.3 is 0 Å². The van der Waals surface area contributed by atoms with Gasteiger partial charge in [-0.1, -0.05) is 6.07 Å². The second-order valence-corrected chi connectivity index (χ2v) is 7.75. The van der Waals surface area contributed by atoms with Crippen LogP contribution in [0.4, 0.5) is 5.69 Å². The lowest BCUT2D eigenvalue weighted by Gasteiger charge is -2.14. The van der Waals surface area contributed by atoms with Crippen molar-refractivity contribution < 1.29 is 17.9 Å². The number of carbonyl (C=O) groups is 1. The Bertz CT molecular complexity index is 836. The van der Waals surface area contributed by atoms with E-state index in [-0.39, 0.29) is 10.8 Å². The lowest BCUT2D eigenvalue weighted by atomic mass is 10.3. The molecular formula is C17H20N2O4S2. The fourth-order valence-corrected chi connectivity index (χ4v) is 3.57. The highest BCUT2D eigenvalue weighted by atomic mass is 32.2. The Kier molecular flexibility index (Phi) is 6.33. The maximum absolute atomic E-state index is 12.5. The minimum atomic E-state index is -3.70. The number of hydrogen-bond acceptors (Lipinski definition) is 5. The summed E-state index contributed by atoms with van der Waals surface area (Å²) in [5.41, 5.74) is 0.500. The third-order valence-corrected chi connectivity index (χ3v) is 5.51. The first-order chi connectivity index (χ1) is 11.9. The number of benzene rings is 2. The van der Waals surface area contributed by atoms with Crippen LogP contribution in [0.25, 0.3) is 0 Å². The van der Waals surface area contributed by atoms with Gasteiger partial charge in [-0.15, -0.1) is 11.8 Å². The largest absolute Gasteiger partial charge is 0.481 e. The maximum Gasteiger partial charge on any atom is 0.261 e. The Morgan fingerprint density at radius 1 is 1.16 bits per heavy atom. The summed E-state index contributed by atoms with van der Waals surface area (Å²) < 4.78 is 32.9. The van der Waals surface area contributed by atoms with Crippen molar-refractivity contribution in [2.24, 2.45) is 0 Å². The van der Waals surface area contributed by atoms with Gasteiger partial charge < -0.3 is 10.1 Å². The predicted molar refractivity (Wildman–Crippen MR) is 99.6 cm³/mol. The molecule has 0 aliphatic heterocycles. The molecule has 0 radical (unpaired) electrons. The highest BCUT2D eigenvalue weighted by Crippen LogP contribution is 2.23. The Labute approximate surface area is 152 Å². The van der Waals surface area contributed by atoms with Crippen LogP contribution < -0.4 is 14.8 Å². The summed E-state index contributed by atoms with van der Waals surface area (Å²) in [5.74, 6) is 0.159. The summed E-state index contributed by atoms with van der Waals surface area (Å²) in [6.45, 7) is 1.61. The Morgan fingerprint density at radius 2 is 1.84 bits per heavy atom. The van der Waals surface area contributed by atoms with Crippen LogP contribution in [0.3, 0.4) is 0 Å². The zero-order valence-electron chi connectivity index (χ0n) is 14.1.